The van der Waals surface area contributed by atoms with Crippen LogP contribution in [0.1, 0.15) is 99.3 Å². The number of carbonyl (C=O) groups is 1. The van der Waals surface area contributed by atoms with Gasteiger partial charge in [-0.2, -0.15) is 0 Å². The third-order valence-electron chi connectivity index (χ3n) is 4.74. The van der Waals surface area contributed by atoms with Gasteiger partial charge in [-0.15, -0.1) is 0 Å². The molecule has 0 heterocycles. The molecule has 0 saturated carbocycles. The second kappa shape index (κ2) is 17.5. The molecule has 0 saturated heterocycles. The topological polar surface area (TPSA) is 26.3 Å². The molecule has 0 spiro atoms. The Morgan fingerprint density at radius 3 is 2.07 bits per heavy atom. The highest BCUT2D eigenvalue weighted by Gasteiger charge is 2.09. The van der Waals surface area contributed by atoms with Crippen LogP contribution < -0.4 is 0 Å². The lowest BCUT2D eigenvalue weighted by Gasteiger charge is -2.10. The number of carbonyl (C=O) groups excluding carboxylic acids is 1. The zero-order valence-electron chi connectivity index (χ0n) is 19.4. The minimum absolute atomic E-state index is 0.0631. The van der Waals surface area contributed by atoms with Gasteiger partial charge in [0.15, 0.2) is 0 Å². The number of hydrogen-bond donors (Lipinski definition) is 0. The van der Waals surface area contributed by atoms with E-state index in [1.807, 2.05) is 0 Å². The fourth-order valence-corrected chi connectivity index (χ4v) is 2.92. The van der Waals surface area contributed by atoms with Gasteiger partial charge in [0.05, 0.1) is 6.61 Å². The molecule has 1 atom stereocenters. The van der Waals surface area contributed by atoms with Crippen molar-refractivity contribution in [3.05, 3.63) is 47.1 Å². The standard InChI is InChI=1S/C26H44O2/c1-7-8-9-10-20-28-26(27)21-25(6)19-13-18-24(5)17-12-16-23(4)15-11-14-22(2)3/h8-9,14,16,18,25H,7,10-13,15,17,19-21H2,1-6H3/b9-8-,23-16+,24-18+/t25-/m0/s1. The average molecular weight is 389 g/mol. The summed E-state index contributed by atoms with van der Waals surface area (Å²) in [5.74, 6) is 0.312. The Morgan fingerprint density at radius 2 is 1.46 bits per heavy atom. The Hall–Kier alpha value is -1.57. The van der Waals surface area contributed by atoms with E-state index in [9.17, 15) is 4.79 Å². The lowest BCUT2D eigenvalue weighted by molar-refractivity contribution is -0.144. The first-order valence-electron chi connectivity index (χ1n) is 11.1. The molecule has 0 radical (unpaired) electrons. The van der Waals surface area contributed by atoms with Crippen molar-refractivity contribution in [2.45, 2.75) is 99.3 Å². The van der Waals surface area contributed by atoms with Gasteiger partial charge in [0.25, 0.3) is 0 Å². The predicted molar refractivity (Wildman–Crippen MR) is 123 cm³/mol. The molecule has 160 valence electrons. The van der Waals surface area contributed by atoms with Gasteiger partial charge in [0, 0.05) is 6.42 Å². The predicted octanol–water partition coefficient (Wildman–Crippen LogP) is 8.11. The van der Waals surface area contributed by atoms with E-state index in [2.05, 4.69) is 71.9 Å². The third-order valence-corrected chi connectivity index (χ3v) is 4.74. The van der Waals surface area contributed by atoms with Crippen LogP contribution in [-0.4, -0.2) is 12.6 Å². The highest BCUT2D eigenvalue weighted by molar-refractivity contribution is 5.69. The fraction of sp³-hybridized carbons (Fsp3) is 0.654. The van der Waals surface area contributed by atoms with E-state index in [1.54, 1.807) is 0 Å². The van der Waals surface area contributed by atoms with Crippen LogP contribution in [0, 0.1) is 5.92 Å². The summed E-state index contributed by atoms with van der Waals surface area (Å²) in [6, 6.07) is 0. The minimum Gasteiger partial charge on any atom is -0.465 e. The first-order valence-corrected chi connectivity index (χ1v) is 11.1. The Labute approximate surface area is 174 Å². The molecule has 0 bridgehead atoms. The van der Waals surface area contributed by atoms with E-state index in [0.29, 0.717) is 18.9 Å². The van der Waals surface area contributed by atoms with Crippen molar-refractivity contribution in [2.75, 3.05) is 6.61 Å². The maximum atomic E-state index is 11.8. The highest BCUT2D eigenvalue weighted by atomic mass is 16.5. The summed E-state index contributed by atoms with van der Waals surface area (Å²) in [6.07, 6.45) is 20.2. The number of rotatable bonds is 15. The van der Waals surface area contributed by atoms with Gasteiger partial charge in [-0.05, 0) is 85.0 Å². The van der Waals surface area contributed by atoms with Crippen LogP contribution in [0.2, 0.25) is 0 Å². The van der Waals surface area contributed by atoms with Crippen molar-refractivity contribution in [1.29, 1.82) is 0 Å². The molecule has 0 fully saturated rings. The van der Waals surface area contributed by atoms with Crippen molar-refractivity contribution in [1.82, 2.24) is 0 Å². The molecule has 0 aliphatic rings. The number of hydrogen-bond acceptors (Lipinski definition) is 2. The van der Waals surface area contributed by atoms with Crippen molar-refractivity contribution in [3.8, 4) is 0 Å². The molecule has 0 rings (SSSR count). The maximum absolute atomic E-state index is 11.8. The summed E-state index contributed by atoms with van der Waals surface area (Å²) < 4.78 is 5.29. The molecule has 0 amide bonds. The average Bonchev–Trinajstić information content (AvgIpc) is 2.61. The maximum Gasteiger partial charge on any atom is 0.306 e. The van der Waals surface area contributed by atoms with Gasteiger partial charge < -0.3 is 4.74 Å². The van der Waals surface area contributed by atoms with Crippen LogP contribution in [0.4, 0.5) is 0 Å². The summed E-state index contributed by atoms with van der Waals surface area (Å²) in [5, 5.41) is 0. The molecule has 2 heteroatoms. The highest BCUT2D eigenvalue weighted by Crippen LogP contribution is 2.15. The lowest BCUT2D eigenvalue weighted by Crippen LogP contribution is -2.10. The summed E-state index contributed by atoms with van der Waals surface area (Å²) in [6.45, 7) is 13.5. The number of esters is 1. The molecule has 0 N–H and O–H groups in total. The zero-order chi connectivity index (χ0) is 21.2. The van der Waals surface area contributed by atoms with Crippen molar-refractivity contribution in [2.24, 2.45) is 5.92 Å². The van der Waals surface area contributed by atoms with Crippen molar-refractivity contribution < 1.29 is 9.53 Å². The first kappa shape index (κ1) is 26.4. The van der Waals surface area contributed by atoms with Crippen LogP contribution in [0.25, 0.3) is 0 Å². The second-order valence-corrected chi connectivity index (χ2v) is 8.24. The van der Waals surface area contributed by atoms with E-state index in [4.69, 9.17) is 4.74 Å². The van der Waals surface area contributed by atoms with Crippen molar-refractivity contribution >= 4 is 5.97 Å². The smallest absolute Gasteiger partial charge is 0.306 e. The number of ether oxygens (including phenoxy) is 1. The van der Waals surface area contributed by atoms with Crippen LogP contribution in [-0.2, 0) is 9.53 Å². The quantitative estimate of drug-likeness (QED) is 0.161. The molecule has 0 aromatic heterocycles. The molecular formula is C26H44O2. The van der Waals surface area contributed by atoms with Crippen LogP contribution in [0.5, 0.6) is 0 Å². The van der Waals surface area contributed by atoms with Gasteiger partial charge >= 0.3 is 5.97 Å². The molecule has 0 unspecified atom stereocenters. The van der Waals surface area contributed by atoms with Crippen LogP contribution >= 0.6 is 0 Å². The molecule has 0 aliphatic carbocycles. The SMILES string of the molecule is CC/C=C\CCOC(=O)C[C@@H](C)CC/C=C(\C)CC/C=C(\C)CCC=C(C)C. The second-order valence-electron chi connectivity index (χ2n) is 8.24. The van der Waals surface area contributed by atoms with Gasteiger partial charge in [-0.25, -0.2) is 0 Å². The summed E-state index contributed by atoms with van der Waals surface area (Å²) in [5.41, 5.74) is 4.34. The molecule has 28 heavy (non-hydrogen) atoms. The lowest BCUT2D eigenvalue weighted by atomic mass is 10.00. The monoisotopic (exact) mass is 388 g/mol. The zero-order valence-corrected chi connectivity index (χ0v) is 19.4. The van der Waals surface area contributed by atoms with Crippen LogP contribution in [0.15, 0.2) is 47.1 Å². The third kappa shape index (κ3) is 17.8. The summed E-state index contributed by atoms with van der Waals surface area (Å²) in [4.78, 5) is 11.8. The summed E-state index contributed by atoms with van der Waals surface area (Å²) in [7, 11) is 0. The Morgan fingerprint density at radius 1 is 0.857 bits per heavy atom. The fourth-order valence-electron chi connectivity index (χ4n) is 2.92. The van der Waals surface area contributed by atoms with Gasteiger partial charge in [0.2, 0.25) is 0 Å². The van der Waals surface area contributed by atoms with E-state index in [-0.39, 0.29) is 5.97 Å². The molecule has 0 aromatic carbocycles. The van der Waals surface area contributed by atoms with Crippen molar-refractivity contribution in [3.63, 3.8) is 0 Å². The molecule has 0 aromatic rings. The van der Waals surface area contributed by atoms with Crippen LogP contribution in [0.3, 0.4) is 0 Å². The minimum atomic E-state index is -0.0631. The first-order chi connectivity index (χ1) is 13.3. The summed E-state index contributed by atoms with van der Waals surface area (Å²) >= 11 is 0. The number of allylic oxidation sites excluding steroid dienone is 7. The largest absolute Gasteiger partial charge is 0.465 e. The molecule has 0 aliphatic heterocycles. The Bertz CT molecular complexity index is 531. The molecular weight excluding hydrogens is 344 g/mol. The van der Waals surface area contributed by atoms with Gasteiger partial charge in [-0.1, -0.05) is 60.9 Å². The Kier molecular flexibility index (Phi) is 16.5. The Balaban J connectivity index is 3.93. The van der Waals surface area contributed by atoms with E-state index < -0.39 is 0 Å². The van der Waals surface area contributed by atoms with Gasteiger partial charge in [0.1, 0.15) is 0 Å². The van der Waals surface area contributed by atoms with Gasteiger partial charge in [-0.3, -0.25) is 4.79 Å². The van der Waals surface area contributed by atoms with E-state index in [0.717, 1.165) is 51.4 Å². The normalized spacial score (nSPS) is 13.6. The molecule has 2 nitrogen and oxygen atoms in total. The van der Waals surface area contributed by atoms with E-state index >= 15 is 0 Å². The van der Waals surface area contributed by atoms with E-state index in [1.165, 1.54) is 16.7 Å².